The van der Waals surface area contributed by atoms with E-state index in [2.05, 4.69) is 26.7 Å². The highest BCUT2D eigenvalue weighted by molar-refractivity contribution is 5.74. The zero-order chi connectivity index (χ0) is 11.7. The molecule has 0 saturated heterocycles. The number of aromatic nitrogens is 3. The van der Waals surface area contributed by atoms with E-state index in [9.17, 15) is 0 Å². The monoisotopic (exact) mass is 222 g/mol. The molecule has 1 radical (unpaired) electrons. The molecule has 0 aliphatic carbocycles. The predicted molar refractivity (Wildman–Crippen MR) is 67.9 cm³/mol. The Morgan fingerprint density at radius 3 is 2.65 bits per heavy atom. The number of hydrogen-bond donors (Lipinski definition) is 0. The van der Waals surface area contributed by atoms with Gasteiger partial charge in [-0.25, -0.2) is 9.97 Å². The third-order valence-electron chi connectivity index (χ3n) is 2.71. The summed E-state index contributed by atoms with van der Waals surface area (Å²) >= 11 is 0. The summed E-state index contributed by atoms with van der Waals surface area (Å²) < 4.78 is 2.06. The summed E-state index contributed by atoms with van der Waals surface area (Å²) in [4.78, 5) is 8.96. The van der Waals surface area contributed by atoms with Crippen LogP contribution in [0.1, 0.15) is 12.7 Å². The third-order valence-corrected chi connectivity index (χ3v) is 2.71. The van der Waals surface area contributed by atoms with E-state index in [1.54, 1.807) is 6.20 Å². The van der Waals surface area contributed by atoms with Gasteiger partial charge in [-0.3, -0.25) is 4.57 Å². The first-order valence-electron chi connectivity index (χ1n) is 5.58. The van der Waals surface area contributed by atoms with Gasteiger partial charge in [0.05, 0.1) is 0 Å². The molecule has 0 fully saturated rings. The van der Waals surface area contributed by atoms with Gasteiger partial charge in [-0.15, -0.1) is 0 Å². The molecule has 2 heterocycles. The van der Waals surface area contributed by atoms with Crippen molar-refractivity contribution in [3.05, 3.63) is 60.9 Å². The molecule has 1 aromatic carbocycles. The lowest BCUT2D eigenvalue weighted by atomic mass is 10.3. The molecule has 3 rings (SSSR count). The molecule has 0 N–H and O–H groups in total. The normalized spacial score (nSPS) is 10.9. The Hall–Kier alpha value is -2.16. The molecule has 0 saturated carbocycles. The Morgan fingerprint density at radius 1 is 1.06 bits per heavy atom. The minimum Gasteiger partial charge on any atom is -0.280 e. The molecular weight excluding hydrogens is 210 g/mol. The van der Waals surface area contributed by atoms with Gasteiger partial charge < -0.3 is 0 Å². The summed E-state index contributed by atoms with van der Waals surface area (Å²) in [7, 11) is 0. The van der Waals surface area contributed by atoms with Crippen LogP contribution < -0.4 is 0 Å². The van der Waals surface area contributed by atoms with Crippen LogP contribution in [-0.2, 0) is 0 Å². The fraction of sp³-hybridized carbons (Fsp3) is 0.0714. The first-order chi connectivity index (χ1) is 8.40. The number of hydrogen-bond acceptors (Lipinski definition) is 2. The SMILES string of the molecule is C[CH]c1nc2cccnc2n1-c1ccccc1. The molecule has 3 aromatic rings. The highest BCUT2D eigenvalue weighted by atomic mass is 15.1. The summed E-state index contributed by atoms with van der Waals surface area (Å²) in [5.41, 5.74) is 2.90. The van der Waals surface area contributed by atoms with Crippen molar-refractivity contribution in [1.82, 2.24) is 14.5 Å². The summed E-state index contributed by atoms with van der Waals surface area (Å²) in [6.07, 6.45) is 3.79. The van der Waals surface area contributed by atoms with Gasteiger partial charge in [-0.1, -0.05) is 25.1 Å². The summed E-state index contributed by atoms with van der Waals surface area (Å²) in [5, 5.41) is 0. The van der Waals surface area contributed by atoms with Crippen molar-refractivity contribution in [3.8, 4) is 5.69 Å². The number of benzene rings is 1. The standard InChI is InChI=1S/C14H12N3/c1-2-13-16-12-9-6-10-15-14(12)17(13)11-7-4-3-5-8-11/h2-10H,1H3. The van der Waals surface area contributed by atoms with E-state index >= 15 is 0 Å². The Balaban J connectivity index is 2.34. The van der Waals surface area contributed by atoms with Gasteiger partial charge in [0.15, 0.2) is 5.65 Å². The minimum atomic E-state index is 0.895. The molecule has 0 amide bonds. The molecular formula is C14H12N3. The van der Waals surface area contributed by atoms with Crippen molar-refractivity contribution in [2.75, 3.05) is 0 Å². The highest BCUT2D eigenvalue weighted by Gasteiger charge is 2.11. The van der Waals surface area contributed by atoms with Crippen molar-refractivity contribution >= 4 is 11.2 Å². The lowest BCUT2D eigenvalue weighted by molar-refractivity contribution is 0.996. The van der Waals surface area contributed by atoms with Gasteiger partial charge in [0.2, 0.25) is 0 Å². The van der Waals surface area contributed by atoms with Crippen LogP contribution in [0.15, 0.2) is 48.7 Å². The van der Waals surface area contributed by atoms with Crippen molar-refractivity contribution in [2.24, 2.45) is 0 Å². The summed E-state index contributed by atoms with van der Waals surface area (Å²) in [6.45, 7) is 1.99. The quantitative estimate of drug-likeness (QED) is 0.667. The Kier molecular flexibility index (Phi) is 2.37. The number of para-hydroxylation sites is 1. The largest absolute Gasteiger partial charge is 0.280 e. The second-order valence-electron chi connectivity index (χ2n) is 3.78. The maximum absolute atomic E-state index is 4.55. The van der Waals surface area contributed by atoms with Crippen LogP contribution in [0.4, 0.5) is 0 Å². The maximum atomic E-state index is 4.55. The third kappa shape index (κ3) is 1.60. The number of nitrogens with zero attached hydrogens (tertiary/aromatic N) is 3. The van der Waals surface area contributed by atoms with Crippen LogP contribution in [0.2, 0.25) is 0 Å². The molecule has 3 nitrogen and oxygen atoms in total. The molecule has 0 aliphatic heterocycles. The Bertz CT molecular complexity index is 641. The van der Waals surface area contributed by atoms with E-state index in [0.717, 1.165) is 22.7 Å². The second-order valence-corrected chi connectivity index (χ2v) is 3.78. The molecule has 3 heteroatoms. The number of fused-ring (bicyclic) bond motifs is 1. The molecule has 0 unspecified atom stereocenters. The highest BCUT2D eigenvalue weighted by Crippen LogP contribution is 2.20. The lowest BCUT2D eigenvalue weighted by Gasteiger charge is -2.06. The average Bonchev–Trinajstić information content (AvgIpc) is 2.78. The van der Waals surface area contributed by atoms with E-state index in [1.807, 2.05) is 43.7 Å². The fourth-order valence-electron chi connectivity index (χ4n) is 1.96. The smallest absolute Gasteiger partial charge is 0.164 e. The molecule has 83 valence electrons. The topological polar surface area (TPSA) is 30.7 Å². The number of imidazole rings is 1. The maximum Gasteiger partial charge on any atom is 0.164 e. The van der Waals surface area contributed by atoms with Crippen LogP contribution in [0.3, 0.4) is 0 Å². The fourth-order valence-corrected chi connectivity index (χ4v) is 1.96. The van der Waals surface area contributed by atoms with E-state index in [4.69, 9.17) is 0 Å². The van der Waals surface area contributed by atoms with Gasteiger partial charge in [-0.2, -0.15) is 0 Å². The zero-order valence-corrected chi connectivity index (χ0v) is 9.54. The Labute approximate surface area is 99.8 Å². The molecule has 0 spiro atoms. The van der Waals surface area contributed by atoms with Gasteiger partial charge in [0.25, 0.3) is 0 Å². The number of rotatable bonds is 2. The summed E-state index contributed by atoms with van der Waals surface area (Å²) in [5.74, 6) is 0.921. The van der Waals surface area contributed by atoms with E-state index in [0.29, 0.717) is 0 Å². The van der Waals surface area contributed by atoms with Gasteiger partial charge in [0.1, 0.15) is 11.3 Å². The Morgan fingerprint density at radius 2 is 1.88 bits per heavy atom. The van der Waals surface area contributed by atoms with Crippen molar-refractivity contribution < 1.29 is 0 Å². The minimum absolute atomic E-state index is 0.895. The second kappa shape index (κ2) is 4.01. The van der Waals surface area contributed by atoms with Crippen LogP contribution >= 0.6 is 0 Å². The lowest BCUT2D eigenvalue weighted by Crippen LogP contribution is -1.99. The van der Waals surface area contributed by atoms with Crippen molar-refractivity contribution in [3.63, 3.8) is 0 Å². The van der Waals surface area contributed by atoms with Gasteiger partial charge >= 0.3 is 0 Å². The van der Waals surface area contributed by atoms with E-state index < -0.39 is 0 Å². The van der Waals surface area contributed by atoms with Crippen LogP contribution in [0.25, 0.3) is 16.9 Å². The van der Waals surface area contributed by atoms with Crippen LogP contribution in [-0.4, -0.2) is 14.5 Å². The molecule has 0 bridgehead atoms. The molecule has 0 aliphatic rings. The zero-order valence-electron chi connectivity index (χ0n) is 9.54. The van der Waals surface area contributed by atoms with Crippen LogP contribution in [0, 0.1) is 6.42 Å². The van der Waals surface area contributed by atoms with Crippen molar-refractivity contribution in [2.45, 2.75) is 6.92 Å². The molecule has 2 aromatic heterocycles. The summed E-state index contributed by atoms with van der Waals surface area (Å²) in [6, 6.07) is 14.0. The molecule has 0 atom stereocenters. The van der Waals surface area contributed by atoms with Crippen LogP contribution in [0.5, 0.6) is 0 Å². The number of pyridine rings is 1. The molecule has 17 heavy (non-hydrogen) atoms. The first-order valence-corrected chi connectivity index (χ1v) is 5.58. The predicted octanol–water partition coefficient (Wildman–Crippen LogP) is 2.99. The average molecular weight is 222 g/mol. The van der Waals surface area contributed by atoms with Gasteiger partial charge in [0, 0.05) is 18.3 Å². The van der Waals surface area contributed by atoms with Gasteiger partial charge in [-0.05, 0) is 24.3 Å². The van der Waals surface area contributed by atoms with Crippen molar-refractivity contribution in [1.29, 1.82) is 0 Å². The van der Waals surface area contributed by atoms with E-state index in [-0.39, 0.29) is 0 Å². The first kappa shape index (κ1) is 10.0. The van der Waals surface area contributed by atoms with E-state index in [1.165, 1.54) is 0 Å².